The molecule has 1 aliphatic carbocycles. The topological polar surface area (TPSA) is 57.3 Å². The van der Waals surface area contributed by atoms with E-state index < -0.39 is 0 Å². The number of nitrogens with zero attached hydrogens (tertiary/aromatic N) is 2. The van der Waals surface area contributed by atoms with E-state index in [0.717, 1.165) is 56.8 Å². The van der Waals surface area contributed by atoms with Gasteiger partial charge in [0.25, 0.3) is 0 Å². The van der Waals surface area contributed by atoms with Crippen molar-refractivity contribution >= 4 is 36.5 Å². The van der Waals surface area contributed by atoms with Gasteiger partial charge in [0.05, 0.1) is 0 Å². The Labute approximate surface area is 163 Å². The Bertz CT molecular complexity index is 543. The zero-order valence-electron chi connectivity index (χ0n) is 15.1. The van der Waals surface area contributed by atoms with Crippen LogP contribution in [0, 0.1) is 11.3 Å². The average molecular weight is 389 g/mol. The first-order chi connectivity index (χ1) is 11.2. The van der Waals surface area contributed by atoms with Gasteiger partial charge in [-0.1, -0.05) is 6.07 Å². The van der Waals surface area contributed by atoms with Crippen molar-refractivity contribution in [2.75, 3.05) is 31.1 Å². The third-order valence-electron chi connectivity index (χ3n) is 5.47. The molecule has 1 aromatic heterocycles. The van der Waals surface area contributed by atoms with E-state index in [0.29, 0.717) is 12.0 Å². The molecule has 2 heterocycles. The lowest BCUT2D eigenvalue weighted by Gasteiger charge is -2.23. The Balaban J connectivity index is 0.00000156. The van der Waals surface area contributed by atoms with Crippen molar-refractivity contribution in [2.45, 2.75) is 39.7 Å². The first-order valence-electron chi connectivity index (χ1n) is 8.87. The van der Waals surface area contributed by atoms with Crippen LogP contribution in [0.4, 0.5) is 5.82 Å². The maximum atomic E-state index is 12.4. The van der Waals surface area contributed by atoms with Gasteiger partial charge in [-0.2, -0.15) is 0 Å². The zero-order valence-corrected chi connectivity index (χ0v) is 16.7. The molecule has 0 bridgehead atoms. The van der Waals surface area contributed by atoms with E-state index in [4.69, 9.17) is 0 Å². The first-order valence-corrected chi connectivity index (χ1v) is 8.87. The lowest BCUT2D eigenvalue weighted by molar-refractivity contribution is -0.123. The molecule has 3 rings (SSSR count). The van der Waals surface area contributed by atoms with Crippen LogP contribution >= 0.6 is 24.8 Å². The molecule has 2 fully saturated rings. The van der Waals surface area contributed by atoms with Crippen molar-refractivity contribution in [1.29, 1.82) is 0 Å². The van der Waals surface area contributed by atoms with Crippen LogP contribution in [0.2, 0.25) is 0 Å². The largest absolute Gasteiger partial charge is 0.357 e. The number of nitrogens with one attached hydrogen (secondary N) is 2. The average Bonchev–Trinajstić information content (AvgIpc) is 3.28. The maximum absolute atomic E-state index is 12.4. The van der Waals surface area contributed by atoms with Gasteiger partial charge in [0.1, 0.15) is 5.82 Å². The molecule has 25 heavy (non-hydrogen) atoms. The molecule has 2 N–H and O–H groups in total. The summed E-state index contributed by atoms with van der Waals surface area (Å²) in [5.41, 5.74) is 1.37. The molecular weight excluding hydrogens is 359 g/mol. The Morgan fingerprint density at radius 3 is 2.52 bits per heavy atom. The van der Waals surface area contributed by atoms with Crippen molar-refractivity contribution < 1.29 is 4.79 Å². The van der Waals surface area contributed by atoms with Gasteiger partial charge in [0, 0.05) is 31.7 Å². The Morgan fingerprint density at radius 1 is 1.28 bits per heavy atom. The van der Waals surface area contributed by atoms with E-state index in [2.05, 4.69) is 40.4 Å². The van der Waals surface area contributed by atoms with Gasteiger partial charge in [-0.3, -0.25) is 4.79 Å². The number of amides is 1. The molecule has 1 aliphatic heterocycles. The van der Waals surface area contributed by atoms with Crippen LogP contribution in [0.15, 0.2) is 18.3 Å². The Morgan fingerprint density at radius 2 is 1.96 bits per heavy atom. The Hall–Kier alpha value is -1.04. The van der Waals surface area contributed by atoms with Crippen LogP contribution < -0.4 is 15.5 Å². The number of carbonyl (C=O) groups is 1. The van der Waals surface area contributed by atoms with Crippen molar-refractivity contribution in [3.63, 3.8) is 0 Å². The number of aromatic nitrogens is 1. The number of halogens is 2. The summed E-state index contributed by atoms with van der Waals surface area (Å²) in [6.45, 7) is 8.86. The summed E-state index contributed by atoms with van der Waals surface area (Å²) >= 11 is 0. The van der Waals surface area contributed by atoms with E-state index in [1.807, 2.05) is 12.3 Å². The second-order valence-electron chi connectivity index (χ2n) is 6.78. The molecule has 0 aromatic carbocycles. The van der Waals surface area contributed by atoms with Gasteiger partial charge in [0.15, 0.2) is 0 Å². The molecule has 142 valence electrons. The molecule has 1 unspecified atom stereocenters. The summed E-state index contributed by atoms with van der Waals surface area (Å²) < 4.78 is 0. The SMILES string of the molecule is CCN(CC)c1ccc(CNC(=O)C2CC23CCNCC3)cn1.Cl.Cl. The highest BCUT2D eigenvalue weighted by molar-refractivity contribution is 5.85. The third kappa shape index (κ3) is 4.99. The molecule has 1 saturated carbocycles. The number of piperidine rings is 1. The van der Waals surface area contributed by atoms with E-state index in [1.165, 1.54) is 0 Å². The van der Waals surface area contributed by atoms with Gasteiger partial charge >= 0.3 is 0 Å². The fraction of sp³-hybridized carbons (Fsp3) is 0.667. The molecule has 2 aliphatic rings. The Kier molecular flexibility index (Phi) is 8.45. The second kappa shape index (κ2) is 9.60. The highest BCUT2D eigenvalue weighted by Crippen LogP contribution is 2.58. The predicted molar refractivity (Wildman–Crippen MR) is 107 cm³/mol. The number of anilines is 1. The van der Waals surface area contributed by atoms with E-state index in [9.17, 15) is 4.79 Å². The molecule has 7 heteroatoms. The number of pyridine rings is 1. The fourth-order valence-electron chi connectivity index (χ4n) is 3.76. The van der Waals surface area contributed by atoms with Gasteiger partial charge < -0.3 is 15.5 Å². The summed E-state index contributed by atoms with van der Waals surface area (Å²) in [5.74, 6) is 1.45. The minimum atomic E-state index is 0. The van der Waals surface area contributed by atoms with Crippen LogP contribution in [0.25, 0.3) is 0 Å². The molecule has 0 radical (unpaired) electrons. The summed E-state index contributed by atoms with van der Waals surface area (Å²) in [4.78, 5) is 19.1. The van der Waals surface area contributed by atoms with Crippen LogP contribution in [-0.2, 0) is 11.3 Å². The molecule has 1 spiro atoms. The van der Waals surface area contributed by atoms with Crippen LogP contribution in [0.3, 0.4) is 0 Å². The highest BCUT2D eigenvalue weighted by Gasteiger charge is 2.57. The van der Waals surface area contributed by atoms with Crippen molar-refractivity contribution in [3.8, 4) is 0 Å². The summed E-state index contributed by atoms with van der Waals surface area (Å²) in [6, 6.07) is 4.11. The number of hydrogen-bond donors (Lipinski definition) is 2. The minimum absolute atomic E-state index is 0. The predicted octanol–water partition coefficient (Wildman–Crippen LogP) is 2.78. The van der Waals surface area contributed by atoms with Gasteiger partial charge in [-0.05, 0) is 63.2 Å². The summed E-state index contributed by atoms with van der Waals surface area (Å²) in [7, 11) is 0. The normalized spacial score (nSPS) is 20.2. The molecular formula is C18H30Cl2N4O. The number of carbonyl (C=O) groups excluding carboxylic acids is 1. The first kappa shape index (κ1) is 22.0. The highest BCUT2D eigenvalue weighted by atomic mass is 35.5. The maximum Gasteiger partial charge on any atom is 0.223 e. The van der Waals surface area contributed by atoms with E-state index in [-0.39, 0.29) is 36.6 Å². The summed E-state index contributed by atoms with van der Waals surface area (Å²) in [5, 5.41) is 6.47. The summed E-state index contributed by atoms with van der Waals surface area (Å²) in [6.07, 6.45) is 5.23. The van der Waals surface area contributed by atoms with Gasteiger partial charge in [-0.25, -0.2) is 4.98 Å². The molecule has 1 aromatic rings. The molecule has 1 saturated heterocycles. The monoisotopic (exact) mass is 388 g/mol. The van der Waals surface area contributed by atoms with Crippen LogP contribution in [-0.4, -0.2) is 37.1 Å². The number of rotatable bonds is 6. The van der Waals surface area contributed by atoms with Crippen molar-refractivity contribution in [1.82, 2.24) is 15.6 Å². The standard InChI is InChI=1S/C18H28N4O.2ClH/c1-3-22(4-2)16-6-5-14(12-20-16)13-21-17(23)15-11-18(15)7-9-19-10-8-18;;/h5-6,12,15,19H,3-4,7-11,13H2,1-2H3,(H,21,23);2*1H. The minimum Gasteiger partial charge on any atom is -0.357 e. The van der Waals surface area contributed by atoms with Gasteiger partial charge in [0.2, 0.25) is 5.91 Å². The molecule has 1 amide bonds. The lowest BCUT2D eigenvalue weighted by atomic mass is 9.92. The van der Waals surface area contributed by atoms with Crippen LogP contribution in [0.5, 0.6) is 0 Å². The fourth-order valence-corrected chi connectivity index (χ4v) is 3.76. The van der Waals surface area contributed by atoms with E-state index in [1.54, 1.807) is 0 Å². The smallest absolute Gasteiger partial charge is 0.223 e. The van der Waals surface area contributed by atoms with E-state index >= 15 is 0 Å². The van der Waals surface area contributed by atoms with Crippen molar-refractivity contribution in [2.24, 2.45) is 11.3 Å². The second-order valence-corrected chi connectivity index (χ2v) is 6.78. The quantitative estimate of drug-likeness (QED) is 0.786. The van der Waals surface area contributed by atoms with Gasteiger partial charge in [-0.15, -0.1) is 24.8 Å². The molecule has 1 atom stereocenters. The zero-order chi connectivity index (χ0) is 16.3. The van der Waals surface area contributed by atoms with Crippen molar-refractivity contribution in [3.05, 3.63) is 23.9 Å². The lowest BCUT2D eigenvalue weighted by Crippen LogP contribution is -2.33. The third-order valence-corrected chi connectivity index (χ3v) is 5.47. The van der Waals surface area contributed by atoms with Crippen LogP contribution in [0.1, 0.15) is 38.7 Å². The molecule has 5 nitrogen and oxygen atoms in total. The number of hydrogen-bond acceptors (Lipinski definition) is 4.